The number of carbonyl (C=O) groups is 1. The monoisotopic (exact) mass is 407 g/mol. The SMILES string of the molecule is O=C(CSc1ccc2ccccc2n1)NCC1CN(Cc2ccccc2)CCO1. The zero-order chi connectivity index (χ0) is 19.9. The van der Waals surface area contributed by atoms with Gasteiger partial charge in [0.1, 0.15) is 0 Å². The second-order valence-corrected chi connectivity index (χ2v) is 8.14. The smallest absolute Gasteiger partial charge is 0.230 e. The lowest BCUT2D eigenvalue weighted by Gasteiger charge is -2.33. The number of hydrogen-bond donors (Lipinski definition) is 1. The van der Waals surface area contributed by atoms with Crippen LogP contribution >= 0.6 is 11.8 Å². The summed E-state index contributed by atoms with van der Waals surface area (Å²) in [5, 5.41) is 4.98. The number of nitrogens with zero attached hydrogens (tertiary/aromatic N) is 2. The molecular weight excluding hydrogens is 382 g/mol. The van der Waals surface area contributed by atoms with Gasteiger partial charge in [0, 0.05) is 31.6 Å². The van der Waals surface area contributed by atoms with Crippen molar-refractivity contribution in [2.24, 2.45) is 0 Å². The maximum absolute atomic E-state index is 12.3. The highest BCUT2D eigenvalue weighted by Crippen LogP contribution is 2.19. The van der Waals surface area contributed by atoms with E-state index < -0.39 is 0 Å². The lowest BCUT2D eigenvalue weighted by molar-refractivity contribution is -0.119. The lowest BCUT2D eigenvalue weighted by Crippen LogP contribution is -2.47. The van der Waals surface area contributed by atoms with Crippen LogP contribution in [0.15, 0.2) is 71.8 Å². The molecule has 1 aromatic heterocycles. The molecule has 1 atom stereocenters. The first-order chi connectivity index (χ1) is 14.3. The predicted octanol–water partition coefficient (Wildman–Crippen LogP) is 3.34. The van der Waals surface area contributed by atoms with Crippen molar-refractivity contribution in [3.63, 3.8) is 0 Å². The van der Waals surface area contributed by atoms with Crippen molar-refractivity contribution in [2.75, 3.05) is 32.0 Å². The summed E-state index contributed by atoms with van der Waals surface area (Å²) in [6.45, 7) is 3.90. The van der Waals surface area contributed by atoms with Crippen molar-refractivity contribution in [1.82, 2.24) is 15.2 Å². The number of pyridine rings is 1. The number of thioether (sulfide) groups is 1. The minimum atomic E-state index is 0.00809. The number of aromatic nitrogens is 1. The number of carbonyl (C=O) groups excluding carboxylic acids is 1. The molecule has 1 fully saturated rings. The Hall–Kier alpha value is -2.41. The molecule has 1 unspecified atom stereocenters. The average Bonchev–Trinajstić information content (AvgIpc) is 2.77. The number of ether oxygens (including phenoxy) is 1. The van der Waals surface area contributed by atoms with Crippen molar-refractivity contribution in [3.05, 3.63) is 72.3 Å². The Morgan fingerprint density at radius 1 is 1.10 bits per heavy atom. The molecule has 1 saturated heterocycles. The third kappa shape index (κ3) is 5.79. The normalized spacial score (nSPS) is 17.3. The Morgan fingerprint density at radius 2 is 1.93 bits per heavy atom. The predicted molar refractivity (Wildman–Crippen MR) is 117 cm³/mol. The second kappa shape index (κ2) is 9.87. The van der Waals surface area contributed by atoms with Crippen LogP contribution < -0.4 is 5.32 Å². The van der Waals surface area contributed by atoms with Crippen LogP contribution in [0.1, 0.15) is 5.56 Å². The van der Waals surface area contributed by atoms with Crippen LogP contribution in [0.2, 0.25) is 0 Å². The minimum absolute atomic E-state index is 0.00809. The van der Waals surface area contributed by atoms with Gasteiger partial charge in [-0.2, -0.15) is 0 Å². The lowest BCUT2D eigenvalue weighted by atomic mass is 10.2. The molecule has 2 heterocycles. The third-order valence-corrected chi connectivity index (χ3v) is 5.85. The van der Waals surface area contributed by atoms with Gasteiger partial charge < -0.3 is 10.1 Å². The summed E-state index contributed by atoms with van der Waals surface area (Å²) < 4.78 is 5.83. The fourth-order valence-electron chi connectivity index (χ4n) is 3.44. The summed E-state index contributed by atoms with van der Waals surface area (Å²) in [5.74, 6) is 0.361. The molecule has 29 heavy (non-hydrogen) atoms. The Bertz CT molecular complexity index is 951. The highest BCUT2D eigenvalue weighted by atomic mass is 32.2. The minimum Gasteiger partial charge on any atom is -0.374 e. The van der Waals surface area contributed by atoms with Gasteiger partial charge in [0.2, 0.25) is 5.91 Å². The van der Waals surface area contributed by atoms with Crippen LogP contribution in [-0.4, -0.2) is 53.9 Å². The quantitative estimate of drug-likeness (QED) is 0.609. The molecule has 0 aliphatic carbocycles. The van der Waals surface area contributed by atoms with Gasteiger partial charge in [-0.05, 0) is 17.7 Å². The molecule has 3 aromatic rings. The molecule has 1 aliphatic rings. The molecule has 0 radical (unpaired) electrons. The van der Waals surface area contributed by atoms with E-state index in [9.17, 15) is 4.79 Å². The van der Waals surface area contributed by atoms with Crippen LogP contribution in [-0.2, 0) is 16.1 Å². The van der Waals surface area contributed by atoms with E-state index in [4.69, 9.17) is 4.74 Å². The van der Waals surface area contributed by atoms with E-state index in [0.29, 0.717) is 18.9 Å². The van der Waals surface area contributed by atoms with Gasteiger partial charge in [-0.1, -0.05) is 66.4 Å². The molecule has 6 heteroatoms. The van der Waals surface area contributed by atoms with Crippen LogP contribution in [0.5, 0.6) is 0 Å². The number of nitrogens with one attached hydrogen (secondary N) is 1. The van der Waals surface area contributed by atoms with E-state index >= 15 is 0 Å². The van der Waals surface area contributed by atoms with Crippen LogP contribution in [0.4, 0.5) is 0 Å². The number of para-hydroxylation sites is 1. The van der Waals surface area contributed by atoms with E-state index in [1.165, 1.54) is 17.3 Å². The van der Waals surface area contributed by atoms with Crippen molar-refractivity contribution in [3.8, 4) is 0 Å². The number of benzene rings is 2. The number of morpholine rings is 1. The standard InChI is InChI=1S/C23H25N3O2S/c27-22(17-29-23-11-10-19-8-4-5-9-21(19)25-23)24-14-20-16-26(12-13-28-20)15-18-6-2-1-3-7-18/h1-11,20H,12-17H2,(H,24,27). The van der Waals surface area contributed by atoms with Gasteiger partial charge in [-0.25, -0.2) is 4.98 Å². The molecule has 0 spiro atoms. The zero-order valence-corrected chi connectivity index (χ0v) is 17.1. The molecule has 1 amide bonds. The maximum Gasteiger partial charge on any atom is 0.230 e. The van der Waals surface area contributed by atoms with Gasteiger partial charge in [0.25, 0.3) is 0 Å². The summed E-state index contributed by atoms with van der Waals surface area (Å²) in [6, 6.07) is 22.5. The third-order valence-electron chi connectivity index (χ3n) is 4.92. The van der Waals surface area contributed by atoms with Crippen molar-refractivity contribution >= 4 is 28.6 Å². The van der Waals surface area contributed by atoms with Gasteiger partial charge in [0.15, 0.2) is 0 Å². The molecule has 0 bridgehead atoms. The van der Waals surface area contributed by atoms with E-state index in [1.54, 1.807) is 0 Å². The number of rotatable bonds is 7. The van der Waals surface area contributed by atoms with E-state index in [2.05, 4.69) is 39.5 Å². The van der Waals surface area contributed by atoms with Gasteiger partial charge >= 0.3 is 0 Å². The molecule has 1 aliphatic heterocycles. The van der Waals surface area contributed by atoms with Gasteiger partial charge in [-0.3, -0.25) is 9.69 Å². The largest absolute Gasteiger partial charge is 0.374 e. The summed E-state index contributed by atoms with van der Waals surface area (Å²) in [6.07, 6.45) is 0.0280. The first-order valence-electron chi connectivity index (χ1n) is 9.89. The zero-order valence-electron chi connectivity index (χ0n) is 16.3. The molecule has 1 N–H and O–H groups in total. The molecular formula is C23H25N3O2S. The number of fused-ring (bicyclic) bond motifs is 1. The molecule has 5 nitrogen and oxygen atoms in total. The number of amides is 1. The first kappa shape index (κ1) is 19.9. The fourth-order valence-corrected chi connectivity index (χ4v) is 4.14. The van der Waals surface area contributed by atoms with E-state index in [1.807, 2.05) is 42.5 Å². The Labute approximate surface area is 175 Å². The van der Waals surface area contributed by atoms with Crippen molar-refractivity contribution in [2.45, 2.75) is 17.7 Å². The summed E-state index contributed by atoms with van der Waals surface area (Å²) >= 11 is 1.46. The van der Waals surface area contributed by atoms with Crippen LogP contribution in [0.25, 0.3) is 10.9 Å². The molecule has 2 aromatic carbocycles. The van der Waals surface area contributed by atoms with Crippen LogP contribution in [0.3, 0.4) is 0 Å². The Morgan fingerprint density at radius 3 is 2.83 bits per heavy atom. The molecule has 0 saturated carbocycles. The summed E-state index contributed by atoms with van der Waals surface area (Å²) in [4.78, 5) is 19.2. The molecule has 150 valence electrons. The van der Waals surface area contributed by atoms with Crippen LogP contribution in [0, 0.1) is 0 Å². The highest BCUT2D eigenvalue weighted by Gasteiger charge is 2.21. The average molecular weight is 408 g/mol. The van der Waals surface area contributed by atoms with Crippen molar-refractivity contribution in [1.29, 1.82) is 0 Å². The second-order valence-electron chi connectivity index (χ2n) is 7.15. The molecule has 4 rings (SSSR count). The topological polar surface area (TPSA) is 54.5 Å². The maximum atomic E-state index is 12.3. The van der Waals surface area contributed by atoms with E-state index in [0.717, 1.165) is 35.6 Å². The number of hydrogen-bond acceptors (Lipinski definition) is 5. The van der Waals surface area contributed by atoms with Gasteiger partial charge in [-0.15, -0.1) is 0 Å². The first-order valence-corrected chi connectivity index (χ1v) is 10.9. The highest BCUT2D eigenvalue weighted by molar-refractivity contribution is 7.99. The fraction of sp³-hybridized carbons (Fsp3) is 0.304. The van der Waals surface area contributed by atoms with E-state index in [-0.39, 0.29) is 12.0 Å². The van der Waals surface area contributed by atoms with Gasteiger partial charge in [0.05, 0.1) is 29.0 Å². The Kier molecular flexibility index (Phi) is 6.77. The Balaban J connectivity index is 1.21. The summed E-state index contributed by atoms with van der Waals surface area (Å²) in [7, 11) is 0. The summed E-state index contributed by atoms with van der Waals surface area (Å²) in [5.41, 5.74) is 2.25. The van der Waals surface area contributed by atoms with Crippen molar-refractivity contribution < 1.29 is 9.53 Å².